The highest BCUT2D eigenvalue weighted by Gasteiger charge is 2.31. The fraction of sp³-hybridized carbons (Fsp3) is 0.167. The lowest BCUT2D eigenvalue weighted by atomic mass is 10.0. The van der Waals surface area contributed by atoms with Crippen molar-refractivity contribution in [2.45, 2.75) is 6.92 Å². The number of hydrogen-bond acceptors (Lipinski definition) is 8. The van der Waals surface area contributed by atoms with Gasteiger partial charge < -0.3 is 23.7 Å². The number of carbonyl (C=O) groups excluding carboxylic acids is 2. The second-order valence-corrected chi connectivity index (χ2v) is 7.82. The summed E-state index contributed by atoms with van der Waals surface area (Å²) in [5, 5.41) is 1.80. The van der Waals surface area contributed by atoms with Gasteiger partial charge in [-0.2, -0.15) is 0 Å². The Morgan fingerprint density at radius 1 is 1.00 bits per heavy atom. The van der Waals surface area contributed by atoms with Gasteiger partial charge in [-0.25, -0.2) is 4.79 Å². The van der Waals surface area contributed by atoms with Crippen molar-refractivity contribution < 1.29 is 33.3 Å². The van der Waals surface area contributed by atoms with E-state index in [0.29, 0.717) is 50.3 Å². The molecule has 0 radical (unpaired) electrons. The Morgan fingerprint density at radius 3 is 2.38 bits per heavy atom. The van der Waals surface area contributed by atoms with Crippen molar-refractivity contribution in [2.75, 3.05) is 21.3 Å². The fourth-order valence-corrected chi connectivity index (χ4v) is 3.99. The van der Waals surface area contributed by atoms with E-state index in [1.807, 2.05) is 0 Å². The van der Waals surface area contributed by atoms with Crippen molar-refractivity contribution in [3.05, 3.63) is 69.1 Å². The maximum atomic E-state index is 13.0. The number of benzene rings is 2. The summed E-state index contributed by atoms with van der Waals surface area (Å²) < 4.78 is 27.4. The van der Waals surface area contributed by atoms with Gasteiger partial charge in [0, 0.05) is 17.7 Å². The number of Topliss-reactive ketones (excluding diaryl/α,β-unsaturated/α-hetero) is 1. The Hall–Kier alpha value is -3.78. The quantitative estimate of drug-likeness (QED) is 0.298. The number of esters is 1. The highest BCUT2D eigenvalue weighted by atomic mass is 32.1. The van der Waals surface area contributed by atoms with Crippen molar-refractivity contribution >= 4 is 29.2 Å². The Balaban J connectivity index is 1.67. The number of carbonyl (C=O) groups is 2. The molecule has 32 heavy (non-hydrogen) atoms. The molecule has 2 heterocycles. The molecule has 0 saturated carbocycles. The van der Waals surface area contributed by atoms with E-state index in [0.717, 1.165) is 0 Å². The lowest BCUT2D eigenvalue weighted by molar-refractivity contribution is 0.0739. The third kappa shape index (κ3) is 3.92. The lowest BCUT2D eigenvalue weighted by Crippen LogP contribution is -2.06. The van der Waals surface area contributed by atoms with Gasteiger partial charge in [0.25, 0.3) is 0 Å². The summed E-state index contributed by atoms with van der Waals surface area (Å²) in [6.45, 7) is 1.77. The number of hydrogen-bond donors (Lipinski definition) is 0. The monoisotopic (exact) mass is 452 g/mol. The highest BCUT2D eigenvalue weighted by Crippen LogP contribution is 2.40. The molecule has 0 fully saturated rings. The number of ether oxygens (including phenoxy) is 5. The zero-order valence-electron chi connectivity index (χ0n) is 17.9. The van der Waals surface area contributed by atoms with Crippen LogP contribution < -0.4 is 23.7 Å². The number of aryl methyl sites for hydroxylation is 1. The molecule has 3 aromatic rings. The largest absolute Gasteiger partial charge is 0.496 e. The Morgan fingerprint density at radius 2 is 1.72 bits per heavy atom. The summed E-state index contributed by atoms with van der Waals surface area (Å²) in [6, 6.07) is 10.0. The van der Waals surface area contributed by atoms with Crippen LogP contribution in [0.2, 0.25) is 0 Å². The predicted molar refractivity (Wildman–Crippen MR) is 119 cm³/mol. The number of thiophene rings is 1. The number of methoxy groups -OCH3 is 3. The second-order valence-electron chi connectivity index (χ2n) is 6.87. The van der Waals surface area contributed by atoms with Crippen LogP contribution in [0.15, 0.2) is 47.5 Å². The van der Waals surface area contributed by atoms with Crippen LogP contribution >= 0.6 is 11.3 Å². The summed E-state index contributed by atoms with van der Waals surface area (Å²) in [5.74, 6) is 1.50. The number of rotatable bonds is 6. The first-order valence-corrected chi connectivity index (χ1v) is 10.5. The molecule has 0 spiro atoms. The highest BCUT2D eigenvalue weighted by molar-refractivity contribution is 7.12. The molecule has 8 heteroatoms. The number of fused-ring (bicyclic) bond motifs is 1. The van der Waals surface area contributed by atoms with Crippen molar-refractivity contribution in [3.63, 3.8) is 0 Å². The van der Waals surface area contributed by atoms with E-state index in [4.69, 9.17) is 23.7 Å². The van der Waals surface area contributed by atoms with Crippen LogP contribution in [0.5, 0.6) is 28.7 Å². The van der Waals surface area contributed by atoms with E-state index in [9.17, 15) is 9.59 Å². The number of allylic oxidation sites excluding steroid dienone is 1. The Kier molecular flexibility index (Phi) is 5.87. The molecular weight excluding hydrogens is 432 g/mol. The SMILES string of the molecule is COc1cc(OC)c(OC)cc1/C=C1\Oc2cc(OC(=O)c3cccs3)cc(C)c2C1=O. The first-order valence-electron chi connectivity index (χ1n) is 9.59. The molecule has 1 aromatic heterocycles. The van der Waals surface area contributed by atoms with E-state index >= 15 is 0 Å². The van der Waals surface area contributed by atoms with E-state index in [-0.39, 0.29) is 11.5 Å². The van der Waals surface area contributed by atoms with Crippen LogP contribution in [-0.4, -0.2) is 33.1 Å². The minimum Gasteiger partial charge on any atom is -0.496 e. The first kappa shape index (κ1) is 21.5. The third-order valence-corrected chi connectivity index (χ3v) is 5.75. The van der Waals surface area contributed by atoms with Gasteiger partial charge in [0.15, 0.2) is 17.3 Å². The maximum absolute atomic E-state index is 13.0. The van der Waals surface area contributed by atoms with E-state index in [2.05, 4.69) is 0 Å². The first-order chi connectivity index (χ1) is 15.4. The molecule has 4 rings (SSSR count). The molecule has 0 amide bonds. The molecule has 2 aromatic carbocycles. The molecule has 0 atom stereocenters. The normalized spacial score (nSPS) is 13.5. The van der Waals surface area contributed by atoms with E-state index in [1.165, 1.54) is 32.7 Å². The second kappa shape index (κ2) is 8.76. The van der Waals surface area contributed by atoms with Crippen molar-refractivity contribution in [1.82, 2.24) is 0 Å². The van der Waals surface area contributed by atoms with Crippen LogP contribution in [0.1, 0.15) is 31.2 Å². The molecular formula is C24H20O7S. The Labute approximate surface area is 188 Å². The molecule has 1 aliphatic heterocycles. The van der Waals surface area contributed by atoms with Gasteiger partial charge in [-0.05, 0) is 42.1 Å². The Bertz CT molecular complexity index is 1230. The summed E-state index contributed by atoms with van der Waals surface area (Å²) >= 11 is 1.29. The van der Waals surface area contributed by atoms with E-state index < -0.39 is 5.97 Å². The lowest BCUT2D eigenvalue weighted by Gasteiger charge is -2.12. The van der Waals surface area contributed by atoms with Gasteiger partial charge in [0.1, 0.15) is 22.1 Å². The van der Waals surface area contributed by atoms with Gasteiger partial charge >= 0.3 is 5.97 Å². The van der Waals surface area contributed by atoms with Crippen molar-refractivity contribution in [3.8, 4) is 28.7 Å². The molecule has 0 N–H and O–H groups in total. The smallest absolute Gasteiger partial charge is 0.353 e. The molecule has 7 nitrogen and oxygen atoms in total. The third-order valence-electron chi connectivity index (χ3n) is 4.90. The maximum Gasteiger partial charge on any atom is 0.353 e. The predicted octanol–water partition coefficient (Wildman–Crippen LogP) is 4.92. The van der Waals surface area contributed by atoms with Gasteiger partial charge in [-0.15, -0.1) is 11.3 Å². The average molecular weight is 452 g/mol. The summed E-state index contributed by atoms with van der Waals surface area (Å²) in [4.78, 5) is 25.8. The molecule has 0 aliphatic carbocycles. The summed E-state index contributed by atoms with van der Waals surface area (Å²) in [6.07, 6.45) is 1.58. The van der Waals surface area contributed by atoms with Crippen LogP contribution in [0.25, 0.3) is 6.08 Å². The zero-order valence-corrected chi connectivity index (χ0v) is 18.7. The molecule has 164 valence electrons. The standard InChI is InChI=1S/C24H20O7S/c1-13-8-15(30-24(26)21-6-5-7-32-21)11-19-22(13)23(25)20(31-19)10-14-9-17(28-3)18(29-4)12-16(14)27-2/h5-12H,1-4H3/b20-10-. The topological polar surface area (TPSA) is 80.3 Å². The van der Waals surface area contributed by atoms with Crippen LogP contribution in [-0.2, 0) is 0 Å². The molecule has 0 bridgehead atoms. The van der Waals surface area contributed by atoms with Crippen molar-refractivity contribution in [1.29, 1.82) is 0 Å². The molecule has 1 aliphatic rings. The average Bonchev–Trinajstić information content (AvgIpc) is 3.42. The zero-order chi connectivity index (χ0) is 22.8. The van der Waals surface area contributed by atoms with Gasteiger partial charge in [-0.3, -0.25) is 4.79 Å². The van der Waals surface area contributed by atoms with Crippen LogP contribution in [0.3, 0.4) is 0 Å². The van der Waals surface area contributed by atoms with Crippen LogP contribution in [0, 0.1) is 6.92 Å². The number of ketones is 1. The van der Waals surface area contributed by atoms with Crippen LogP contribution in [0.4, 0.5) is 0 Å². The fourth-order valence-electron chi connectivity index (χ4n) is 3.40. The minimum atomic E-state index is -0.463. The summed E-state index contributed by atoms with van der Waals surface area (Å²) in [5.41, 5.74) is 1.65. The van der Waals surface area contributed by atoms with Gasteiger partial charge in [-0.1, -0.05) is 6.07 Å². The molecule has 0 saturated heterocycles. The summed E-state index contributed by atoms with van der Waals surface area (Å²) in [7, 11) is 4.58. The van der Waals surface area contributed by atoms with Gasteiger partial charge in [0.05, 0.1) is 26.9 Å². The minimum absolute atomic E-state index is 0.121. The van der Waals surface area contributed by atoms with Gasteiger partial charge in [0.2, 0.25) is 5.78 Å². The van der Waals surface area contributed by atoms with Crippen molar-refractivity contribution in [2.24, 2.45) is 0 Å². The van der Waals surface area contributed by atoms with E-state index in [1.54, 1.807) is 54.8 Å². The molecule has 0 unspecified atom stereocenters.